The molecule has 0 bridgehead atoms. The Morgan fingerprint density at radius 2 is 2.09 bits per heavy atom. The van der Waals surface area contributed by atoms with Crippen LogP contribution in [0.2, 0.25) is 0 Å². The Hall–Kier alpha value is -0.120. The van der Waals surface area contributed by atoms with Crippen LogP contribution in [0, 0.1) is 0 Å². The fraction of sp³-hybridized carbons (Fsp3) is 1.00. The van der Waals surface area contributed by atoms with E-state index in [4.69, 9.17) is 5.11 Å². The third-order valence-electron chi connectivity index (χ3n) is 2.35. The molecule has 0 radical (unpaired) electrons. The standard InChI is InChI=1S/C8H18N2O/c1-2-8(7-11)10-5-3-9-4-6-10/h8-9,11H,2-7H2,1H3/t8-/m0/s1. The smallest absolute Gasteiger partial charge is 0.0586 e. The minimum Gasteiger partial charge on any atom is -0.395 e. The fourth-order valence-electron chi connectivity index (χ4n) is 1.55. The second-order valence-corrected chi connectivity index (χ2v) is 3.03. The molecule has 11 heavy (non-hydrogen) atoms. The number of aliphatic hydroxyl groups excluding tert-OH is 1. The summed E-state index contributed by atoms with van der Waals surface area (Å²) in [5, 5.41) is 12.3. The molecule has 66 valence electrons. The lowest BCUT2D eigenvalue weighted by molar-refractivity contribution is 0.108. The van der Waals surface area contributed by atoms with Gasteiger partial charge in [0, 0.05) is 32.2 Å². The minimum atomic E-state index is 0.302. The van der Waals surface area contributed by atoms with Crippen molar-refractivity contribution in [3.8, 4) is 0 Å². The highest BCUT2D eigenvalue weighted by atomic mass is 16.3. The van der Waals surface area contributed by atoms with Crippen LogP contribution >= 0.6 is 0 Å². The van der Waals surface area contributed by atoms with Gasteiger partial charge in [0.05, 0.1) is 6.61 Å². The summed E-state index contributed by atoms with van der Waals surface area (Å²) < 4.78 is 0. The van der Waals surface area contributed by atoms with E-state index in [1.54, 1.807) is 0 Å². The van der Waals surface area contributed by atoms with Gasteiger partial charge in [-0.25, -0.2) is 0 Å². The Balaban J connectivity index is 2.30. The average Bonchev–Trinajstić information content (AvgIpc) is 2.09. The van der Waals surface area contributed by atoms with Gasteiger partial charge in [-0.3, -0.25) is 4.90 Å². The predicted octanol–water partition coefficient (Wildman–Crippen LogP) is -0.337. The third kappa shape index (κ3) is 2.43. The van der Waals surface area contributed by atoms with Crippen LogP contribution in [0.15, 0.2) is 0 Å². The molecule has 1 aliphatic heterocycles. The van der Waals surface area contributed by atoms with E-state index in [-0.39, 0.29) is 0 Å². The molecule has 1 fully saturated rings. The highest BCUT2D eigenvalue weighted by Crippen LogP contribution is 2.03. The van der Waals surface area contributed by atoms with Gasteiger partial charge in [0.2, 0.25) is 0 Å². The molecule has 0 amide bonds. The lowest BCUT2D eigenvalue weighted by atomic mass is 10.2. The molecule has 1 rings (SSSR count). The molecule has 1 aliphatic rings. The molecular weight excluding hydrogens is 140 g/mol. The number of hydrogen-bond donors (Lipinski definition) is 2. The predicted molar refractivity (Wildman–Crippen MR) is 45.6 cm³/mol. The molecule has 3 nitrogen and oxygen atoms in total. The molecule has 2 N–H and O–H groups in total. The van der Waals surface area contributed by atoms with Crippen LogP contribution in [0.1, 0.15) is 13.3 Å². The maximum atomic E-state index is 9.02. The van der Waals surface area contributed by atoms with Crippen molar-refractivity contribution in [3.63, 3.8) is 0 Å². The second-order valence-electron chi connectivity index (χ2n) is 3.03. The largest absolute Gasteiger partial charge is 0.395 e. The van der Waals surface area contributed by atoms with Gasteiger partial charge in [0.25, 0.3) is 0 Å². The van der Waals surface area contributed by atoms with Crippen LogP contribution in [0.25, 0.3) is 0 Å². The van der Waals surface area contributed by atoms with E-state index in [0.717, 1.165) is 32.6 Å². The summed E-state index contributed by atoms with van der Waals surface area (Å²) >= 11 is 0. The van der Waals surface area contributed by atoms with Crippen molar-refractivity contribution in [3.05, 3.63) is 0 Å². The Labute approximate surface area is 68.4 Å². The molecule has 0 aromatic rings. The Bertz CT molecular complexity index is 98.3. The van der Waals surface area contributed by atoms with Gasteiger partial charge in [-0.05, 0) is 6.42 Å². The molecule has 1 atom stereocenters. The van der Waals surface area contributed by atoms with E-state index in [1.165, 1.54) is 0 Å². The monoisotopic (exact) mass is 158 g/mol. The summed E-state index contributed by atoms with van der Waals surface area (Å²) in [5.41, 5.74) is 0. The quantitative estimate of drug-likeness (QED) is 0.590. The summed E-state index contributed by atoms with van der Waals surface area (Å²) in [4.78, 5) is 2.36. The first-order valence-electron chi connectivity index (χ1n) is 4.44. The summed E-state index contributed by atoms with van der Waals surface area (Å²) in [6.07, 6.45) is 1.05. The summed E-state index contributed by atoms with van der Waals surface area (Å²) in [5.74, 6) is 0. The maximum absolute atomic E-state index is 9.02. The van der Waals surface area contributed by atoms with Gasteiger partial charge >= 0.3 is 0 Å². The van der Waals surface area contributed by atoms with Crippen LogP contribution in [0.3, 0.4) is 0 Å². The Kier molecular flexibility index (Phi) is 3.83. The van der Waals surface area contributed by atoms with E-state index in [1.807, 2.05) is 0 Å². The zero-order valence-electron chi connectivity index (χ0n) is 7.21. The molecule has 0 spiro atoms. The van der Waals surface area contributed by atoms with Crippen LogP contribution < -0.4 is 5.32 Å². The van der Waals surface area contributed by atoms with Gasteiger partial charge in [-0.1, -0.05) is 6.92 Å². The Morgan fingerprint density at radius 3 is 2.55 bits per heavy atom. The molecule has 0 unspecified atom stereocenters. The molecule has 0 aromatic carbocycles. The van der Waals surface area contributed by atoms with Crippen molar-refractivity contribution in [1.29, 1.82) is 0 Å². The van der Waals surface area contributed by atoms with Gasteiger partial charge in [0.15, 0.2) is 0 Å². The van der Waals surface area contributed by atoms with E-state index < -0.39 is 0 Å². The highest BCUT2D eigenvalue weighted by Gasteiger charge is 2.17. The number of aliphatic hydroxyl groups is 1. The summed E-state index contributed by atoms with van der Waals surface area (Å²) in [6, 6.07) is 0.386. The van der Waals surface area contributed by atoms with Crippen molar-refractivity contribution in [2.45, 2.75) is 19.4 Å². The molecule has 1 saturated heterocycles. The lowest BCUT2D eigenvalue weighted by Crippen LogP contribution is -2.49. The van der Waals surface area contributed by atoms with Gasteiger partial charge in [0.1, 0.15) is 0 Å². The van der Waals surface area contributed by atoms with Crippen LogP contribution in [-0.4, -0.2) is 48.8 Å². The van der Waals surface area contributed by atoms with Crippen molar-refractivity contribution in [1.82, 2.24) is 10.2 Å². The number of nitrogens with one attached hydrogen (secondary N) is 1. The van der Waals surface area contributed by atoms with Crippen LogP contribution in [-0.2, 0) is 0 Å². The first-order chi connectivity index (χ1) is 5.38. The molecule has 0 aromatic heterocycles. The van der Waals surface area contributed by atoms with Crippen LogP contribution in [0.5, 0.6) is 0 Å². The maximum Gasteiger partial charge on any atom is 0.0586 e. The summed E-state index contributed by atoms with van der Waals surface area (Å²) in [6.45, 7) is 6.73. The summed E-state index contributed by atoms with van der Waals surface area (Å²) in [7, 11) is 0. The van der Waals surface area contributed by atoms with E-state index in [2.05, 4.69) is 17.1 Å². The van der Waals surface area contributed by atoms with Crippen molar-refractivity contribution in [2.75, 3.05) is 32.8 Å². The number of nitrogens with zero attached hydrogens (tertiary/aromatic N) is 1. The van der Waals surface area contributed by atoms with E-state index in [9.17, 15) is 0 Å². The third-order valence-corrected chi connectivity index (χ3v) is 2.35. The van der Waals surface area contributed by atoms with E-state index >= 15 is 0 Å². The van der Waals surface area contributed by atoms with E-state index in [0.29, 0.717) is 12.6 Å². The van der Waals surface area contributed by atoms with Gasteiger partial charge in [-0.15, -0.1) is 0 Å². The normalized spacial score (nSPS) is 23.5. The van der Waals surface area contributed by atoms with Crippen molar-refractivity contribution in [2.24, 2.45) is 0 Å². The van der Waals surface area contributed by atoms with Gasteiger partial charge < -0.3 is 10.4 Å². The van der Waals surface area contributed by atoms with Crippen molar-refractivity contribution < 1.29 is 5.11 Å². The molecule has 0 aliphatic carbocycles. The first-order valence-corrected chi connectivity index (χ1v) is 4.44. The SMILES string of the molecule is CC[C@@H](CO)N1CCNCC1. The highest BCUT2D eigenvalue weighted by molar-refractivity contribution is 4.74. The fourth-order valence-corrected chi connectivity index (χ4v) is 1.55. The Morgan fingerprint density at radius 1 is 1.45 bits per heavy atom. The average molecular weight is 158 g/mol. The van der Waals surface area contributed by atoms with Gasteiger partial charge in [-0.2, -0.15) is 0 Å². The lowest BCUT2D eigenvalue weighted by Gasteiger charge is -2.33. The van der Waals surface area contributed by atoms with Crippen LogP contribution in [0.4, 0.5) is 0 Å². The molecule has 0 saturated carbocycles. The number of hydrogen-bond acceptors (Lipinski definition) is 3. The topological polar surface area (TPSA) is 35.5 Å². The first kappa shape index (κ1) is 8.97. The molecular formula is C8H18N2O. The number of rotatable bonds is 3. The minimum absolute atomic E-state index is 0.302. The molecule has 3 heteroatoms. The number of piperazine rings is 1. The van der Waals surface area contributed by atoms with Crippen molar-refractivity contribution >= 4 is 0 Å². The molecule has 1 heterocycles. The zero-order chi connectivity index (χ0) is 8.10. The second kappa shape index (κ2) is 4.70. The zero-order valence-corrected chi connectivity index (χ0v) is 7.21.